The maximum absolute atomic E-state index is 13.1. The number of esters is 1. The summed E-state index contributed by atoms with van der Waals surface area (Å²) in [7, 11) is 0. The van der Waals surface area contributed by atoms with Crippen molar-refractivity contribution in [1.29, 1.82) is 0 Å². The van der Waals surface area contributed by atoms with Crippen molar-refractivity contribution in [3.63, 3.8) is 0 Å². The second-order valence-corrected chi connectivity index (χ2v) is 6.08. The lowest BCUT2D eigenvalue weighted by Crippen LogP contribution is -2.51. The molecule has 2 rings (SSSR count). The molecule has 126 valence electrons. The Kier molecular flexibility index (Phi) is 5.74. The number of amides is 1. The molecule has 0 N–H and O–H groups in total. The van der Waals surface area contributed by atoms with Gasteiger partial charge in [-0.25, -0.2) is 4.39 Å². The fourth-order valence-electron chi connectivity index (χ4n) is 3.23. The Balaban J connectivity index is 2.26. The first-order chi connectivity index (χ1) is 11.0. The molecule has 1 fully saturated rings. The quantitative estimate of drug-likeness (QED) is 0.783. The number of ether oxygens (including phenoxy) is 1. The van der Waals surface area contributed by atoms with E-state index in [2.05, 4.69) is 0 Å². The van der Waals surface area contributed by atoms with Gasteiger partial charge in [0, 0.05) is 19.5 Å². The van der Waals surface area contributed by atoms with Crippen molar-refractivity contribution in [3.05, 3.63) is 35.6 Å². The van der Waals surface area contributed by atoms with Crippen molar-refractivity contribution < 1.29 is 18.7 Å². The molecule has 1 aromatic rings. The third-order valence-electron chi connectivity index (χ3n) is 4.40. The topological polar surface area (TPSA) is 46.6 Å². The molecule has 1 unspecified atom stereocenters. The molecule has 0 bridgehead atoms. The van der Waals surface area contributed by atoms with Gasteiger partial charge in [-0.3, -0.25) is 9.59 Å². The molecule has 0 saturated carbocycles. The molecule has 1 amide bonds. The zero-order valence-electron chi connectivity index (χ0n) is 13.8. The first-order valence-corrected chi connectivity index (χ1v) is 8.20. The summed E-state index contributed by atoms with van der Waals surface area (Å²) in [4.78, 5) is 26.4. The van der Waals surface area contributed by atoms with Crippen LogP contribution in [0.4, 0.5) is 4.39 Å². The van der Waals surface area contributed by atoms with Crippen LogP contribution < -0.4 is 0 Å². The Hall–Kier alpha value is -1.91. The van der Waals surface area contributed by atoms with E-state index >= 15 is 0 Å². The van der Waals surface area contributed by atoms with Crippen molar-refractivity contribution in [1.82, 2.24) is 4.90 Å². The Morgan fingerprint density at radius 2 is 1.96 bits per heavy atom. The maximum Gasteiger partial charge on any atom is 0.314 e. The highest BCUT2D eigenvalue weighted by Gasteiger charge is 2.44. The van der Waals surface area contributed by atoms with E-state index in [-0.39, 0.29) is 17.7 Å². The Morgan fingerprint density at radius 1 is 1.26 bits per heavy atom. The highest BCUT2D eigenvalue weighted by Crippen LogP contribution is 2.35. The van der Waals surface area contributed by atoms with Gasteiger partial charge < -0.3 is 9.64 Å². The molecule has 0 radical (unpaired) electrons. The number of rotatable bonds is 5. The minimum absolute atomic E-state index is 0.0532. The third kappa shape index (κ3) is 4.09. The number of hydrogen-bond acceptors (Lipinski definition) is 3. The standard InChI is InChI=1S/C18H24FNO3/c1-3-16(21)20-11-5-10-18(13-20,17(22)23-4-2)12-14-6-8-15(19)9-7-14/h6-9H,3-5,10-13H2,1-2H3. The third-order valence-corrected chi connectivity index (χ3v) is 4.40. The lowest BCUT2D eigenvalue weighted by Gasteiger charge is -2.41. The lowest BCUT2D eigenvalue weighted by molar-refractivity contribution is -0.160. The fraction of sp³-hybridized carbons (Fsp3) is 0.556. The molecular formula is C18H24FNO3. The summed E-state index contributed by atoms with van der Waals surface area (Å²) in [6, 6.07) is 6.17. The molecular weight excluding hydrogens is 297 g/mol. The molecule has 1 atom stereocenters. The zero-order valence-corrected chi connectivity index (χ0v) is 13.8. The summed E-state index contributed by atoms with van der Waals surface area (Å²) in [5, 5.41) is 0. The van der Waals surface area contributed by atoms with Gasteiger partial charge in [-0.05, 0) is 43.9 Å². The SMILES string of the molecule is CCOC(=O)C1(Cc2ccc(F)cc2)CCCN(C(=O)CC)C1. The predicted molar refractivity (Wildman–Crippen MR) is 85.3 cm³/mol. The minimum Gasteiger partial charge on any atom is -0.466 e. The number of carbonyl (C=O) groups excluding carboxylic acids is 2. The van der Waals surface area contributed by atoms with Crippen molar-refractivity contribution in [3.8, 4) is 0 Å². The molecule has 4 nitrogen and oxygen atoms in total. The second-order valence-electron chi connectivity index (χ2n) is 6.08. The molecule has 5 heteroatoms. The van der Waals surface area contributed by atoms with E-state index in [1.165, 1.54) is 12.1 Å². The van der Waals surface area contributed by atoms with Crippen LogP contribution in [-0.4, -0.2) is 36.5 Å². The summed E-state index contributed by atoms with van der Waals surface area (Å²) in [6.45, 7) is 4.96. The normalized spacial score (nSPS) is 21.1. The van der Waals surface area contributed by atoms with Crippen LogP contribution in [0.2, 0.25) is 0 Å². The Labute approximate surface area is 136 Å². The summed E-state index contributed by atoms with van der Waals surface area (Å²) in [6.07, 6.45) is 2.33. The highest BCUT2D eigenvalue weighted by atomic mass is 19.1. The smallest absolute Gasteiger partial charge is 0.314 e. The monoisotopic (exact) mass is 321 g/mol. The zero-order chi connectivity index (χ0) is 16.9. The van der Waals surface area contributed by atoms with Gasteiger partial charge in [0.05, 0.1) is 12.0 Å². The Morgan fingerprint density at radius 3 is 2.57 bits per heavy atom. The molecule has 23 heavy (non-hydrogen) atoms. The minimum atomic E-state index is -0.739. The average Bonchev–Trinajstić information content (AvgIpc) is 2.56. The van der Waals surface area contributed by atoms with E-state index in [9.17, 15) is 14.0 Å². The highest BCUT2D eigenvalue weighted by molar-refractivity contribution is 5.81. The number of likely N-dealkylation sites (tertiary alicyclic amines) is 1. The van der Waals surface area contributed by atoms with Crippen LogP contribution >= 0.6 is 0 Å². The van der Waals surface area contributed by atoms with Crippen LogP contribution in [0.25, 0.3) is 0 Å². The Bertz CT molecular complexity index is 558. The maximum atomic E-state index is 13.1. The van der Waals surface area contributed by atoms with Gasteiger partial charge in [0.15, 0.2) is 0 Å². The molecule has 1 aliphatic heterocycles. The van der Waals surface area contributed by atoms with Crippen molar-refractivity contribution in [2.75, 3.05) is 19.7 Å². The van der Waals surface area contributed by atoms with E-state index in [0.29, 0.717) is 39.0 Å². The molecule has 0 spiro atoms. The number of piperidine rings is 1. The van der Waals surface area contributed by atoms with Crippen molar-refractivity contribution in [2.45, 2.75) is 39.5 Å². The van der Waals surface area contributed by atoms with E-state index < -0.39 is 5.41 Å². The fourth-order valence-corrected chi connectivity index (χ4v) is 3.23. The summed E-state index contributed by atoms with van der Waals surface area (Å²) >= 11 is 0. The van der Waals surface area contributed by atoms with Gasteiger partial charge in [-0.2, -0.15) is 0 Å². The van der Waals surface area contributed by atoms with Crippen LogP contribution in [0.15, 0.2) is 24.3 Å². The molecule has 1 saturated heterocycles. The van der Waals surface area contributed by atoms with Crippen LogP contribution in [0.5, 0.6) is 0 Å². The first-order valence-electron chi connectivity index (χ1n) is 8.20. The number of hydrogen-bond donors (Lipinski definition) is 0. The number of carbonyl (C=O) groups is 2. The van der Waals surface area contributed by atoms with Gasteiger partial charge in [0.25, 0.3) is 0 Å². The van der Waals surface area contributed by atoms with E-state index in [1.807, 2.05) is 6.92 Å². The van der Waals surface area contributed by atoms with Gasteiger partial charge in [0.2, 0.25) is 5.91 Å². The summed E-state index contributed by atoms with van der Waals surface area (Å²) in [5.41, 5.74) is 0.141. The molecule has 1 aliphatic rings. The lowest BCUT2D eigenvalue weighted by atomic mass is 9.75. The van der Waals surface area contributed by atoms with Crippen LogP contribution in [0.3, 0.4) is 0 Å². The summed E-state index contributed by atoms with van der Waals surface area (Å²) < 4.78 is 18.4. The van der Waals surface area contributed by atoms with E-state index in [1.54, 1.807) is 24.0 Å². The number of nitrogens with zero attached hydrogens (tertiary/aromatic N) is 1. The molecule has 0 aliphatic carbocycles. The number of benzene rings is 1. The number of halogens is 1. The van der Waals surface area contributed by atoms with Crippen molar-refractivity contribution >= 4 is 11.9 Å². The van der Waals surface area contributed by atoms with Crippen LogP contribution in [-0.2, 0) is 20.7 Å². The van der Waals surface area contributed by atoms with Gasteiger partial charge in [-0.1, -0.05) is 19.1 Å². The summed E-state index contributed by atoms with van der Waals surface area (Å²) in [5.74, 6) is -0.513. The second kappa shape index (κ2) is 7.57. The first kappa shape index (κ1) is 17.4. The largest absolute Gasteiger partial charge is 0.466 e. The molecule has 1 aromatic carbocycles. The van der Waals surface area contributed by atoms with Crippen LogP contribution in [0.1, 0.15) is 38.7 Å². The van der Waals surface area contributed by atoms with Crippen molar-refractivity contribution in [2.24, 2.45) is 5.41 Å². The average molecular weight is 321 g/mol. The molecule has 1 heterocycles. The van der Waals surface area contributed by atoms with Gasteiger partial charge in [-0.15, -0.1) is 0 Å². The van der Waals surface area contributed by atoms with Crippen LogP contribution in [0, 0.1) is 11.2 Å². The van der Waals surface area contributed by atoms with Gasteiger partial charge >= 0.3 is 5.97 Å². The van der Waals surface area contributed by atoms with Gasteiger partial charge in [0.1, 0.15) is 5.82 Å². The molecule has 0 aromatic heterocycles. The van der Waals surface area contributed by atoms with E-state index in [0.717, 1.165) is 12.0 Å². The predicted octanol–water partition coefficient (Wildman–Crippen LogP) is 2.95. The van der Waals surface area contributed by atoms with E-state index in [4.69, 9.17) is 4.74 Å².